The van der Waals surface area contributed by atoms with Gasteiger partial charge in [-0.1, -0.05) is 6.92 Å². The van der Waals surface area contributed by atoms with Gasteiger partial charge in [-0.2, -0.15) is 5.10 Å². The summed E-state index contributed by atoms with van der Waals surface area (Å²) in [5.41, 5.74) is 5.01. The summed E-state index contributed by atoms with van der Waals surface area (Å²) in [7, 11) is 0. The predicted molar refractivity (Wildman–Crippen MR) is 74.7 cm³/mol. The lowest BCUT2D eigenvalue weighted by Crippen LogP contribution is -2.12. The third-order valence-electron chi connectivity index (χ3n) is 3.19. The summed E-state index contributed by atoms with van der Waals surface area (Å²) in [6.45, 7) is 5.76. The van der Waals surface area contributed by atoms with Crippen LogP contribution in [0.15, 0.2) is 12.1 Å². The third kappa shape index (κ3) is 2.21. The highest BCUT2D eigenvalue weighted by molar-refractivity contribution is 5.53. The molecule has 0 aliphatic carbocycles. The molecule has 2 heterocycles. The van der Waals surface area contributed by atoms with Crippen LogP contribution in [-0.4, -0.2) is 19.7 Å². The number of nitrogen functional groups attached to an aromatic ring is 1. The molecule has 0 saturated heterocycles. The molecule has 0 unspecified atom stereocenters. The van der Waals surface area contributed by atoms with E-state index >= 15 is 0 Å². The molecule has 0 saturated carbocycles. The normalized spacial score (nSPS) is 10.6. The maximum absolute atomic E-state index is 11.1. The van der Waals surface area contributed by atoms with E-state index in [2.05, 4.69) is 15.5 Å². The van der Waals surface area contributed by atoms with Crippen molar-refractivity contribution >= 4 is 11.5 Å². The van der Waals surface area contributed by atoms with Gasteiger partial charge in [0.15, 0.2) is 0 Å². The maximum Gasteiger partial charge on any atom is 0.313 e. The van der Waals surface area contributed by atoms with Crippen molar-refractivity contribution in [2.45, 2.75) is 27.2 Å². The molecular formula is C12H16N6O2. The Bertz CT molecular complexity index is 664. The van der Waals surface area contributed by atoms with Crippen molar-refractivity contribution in [2.75, 3.05) is 5.43 Å². The molecule has 0 aliphatic heterocycles. The standard InChI is InChI=1S/C12H16N6O2/c1-4-9-7(2)16-17(8(9)3)12-10(18(19)20)5-6-11(14-12)15-13/h5-6H,4,13H2,1-3H3,(H,14,15). The number of nitrogens with one attached hydrogen (secondary N) is 1. The summed E-state index contributed by atoms with van der Waals surface area (Å²) in [4.78, 5) is 14.8. The molecule has 0 spiro atoms. The summed E-state index contributed by atoms with van der Waals surface area (Å²) in [6, 6.07) is 2.81. The summed E-state index contributed by atoms with van der Waals surface area (Å²) in [6.07, 6.45) is 0.806. The first-order valence-electron chi connectivity index (χ1n) is 6.17. The average Bonchev–Trinajstić information content (AvgIpc) is 2.72. The number of nitrogens with zero attached hydrogens (tertiary/aromatic N) is 4. The van der Waals surface area contributed by atoms with Gasteiger partial charge >= 0.3 is 5.69 Å². The van der Waals surface area contributed by atoms with Crippen molar-refractivity contribution in [1.29, 1.82) is 0 Å². The molecule has 0 amide bonds. The number of hydrogen-bond donors (Lipinski definition) is 2. The fraction of sp³-hybridized carbons (Fsp3) is 0.333. The fourth-order valence-corrected chi connectivity index (χ4v) is 2.21. The van der Waals surface area contributed by atoms with Crippen LogP contribution in [0.25, 0.3) is 5.82 Å². The second-order valence-electron chi connectivity index (χ2n) is 4.36. The van der Waals surface area contributed by atoms with Crippen LogP contribution in [0.4, 0.5) is 11.5 Å². The van der Waals surface area contributed by atoms with Gasteiger partial charge in [0, 0.05) is 11.8 Å². The monoisotopic (exact) mass is 276 g/mol. The van der Waals surface area contributed by atoms with Gasteiger partial charge in [0.2, 0.25) is 5.82 Å². The SMILES string of the molecule is CCc1c(C)nn(-c2nc(NN)ccc2[N+](=O)[O-])c1C. The molecule has 3 N–H and O–H groups in total. The van der Waals surface area contributed by atoms with Crippen molar-refractivity contribution in [3.05, 3.63) is 39.2 Å². The fourth-order valence-electron chi connectivity index (χ4n) is 2.21. The molecule has 106 valence electrons. The van der Waals surface area contributed by atoms with Crippen molar-refractivity contribution in [3.63, 3.8) is 0 Å². The Hall–Kier alpha value is -2.48. The zero-order chi connectivity index (χ0) is 14.9. The van der Waals surface area contributed by atoms with E-state index in [1.165, 1.54) is 16.8 Å². The van der Waals surface area contributed by atoms with E-state index in [-0.39, 0.29) is 11.5 Å². The molecule has 0 aromatic carbocycles. The molecule has 8 heteroatoms. The van der Waals surface area contributed by atoms with Crippen LogP contribution >= 0.6 is 0 Å². The van der Waals surface area contributed by atoms with Crippen LogP contribution in [-0.2, 0) is 6.42 Å². The molecule has 2 aromatic heterocycles. The molecule has 0 aliphatic rings. The number of pyridine rings is 1. The number of aryl methyl sites for hydroxylation is 1. The van der Waals surface area contributed by atoms with Crippen molar-refractivity contribution < 1.29 is 4.92 Å². The molecule has 8 nitrogen and oxygen atoms in total. The van der Waals surface area contributed by atoms with E-state index < -0.39 is 4.92 Å². The number of anilines is 1. The first kappa shape index (κ1) is 13.9. The predicted octanol–water partition coefficient (Wildman–Crippen LogP) is 1.64. The second kappa shape index (κ2) is 5.25. The van der Waals surface area contributed by atoms with Gasteiger partial charge in [-0.3, -0.25) is 10.1 Å². The number of hydrazine groups is 1. The Morgan fingerprint density at radius 3 is 2.65 bits per heavy atom. The molecule has 20 heavy (non-hydrogen) atoms. The zero-order valence-corrected chi connectivity index (χ0v) is 11.5. The molecule has 2 rings (SSSR count). The number of nitro groups is 1. The summed E-state index contributed by atoms with van der Waals surface area (Å²) in [5, 5.41) is 15.5. The molecule has 0 bridgehead atoms. The van der Waals surface area contributed by atoms with Crippen LogP contribution in [0.1, 0.15) is 23.9 Å². The van der Waals surface area contributed by atoms with Crippen molar-refractivity contribution in [2.24, 2.45) is 5.84 Å². The van der Waals surface area contributed by atoms with E-state index in [4.69, 9.17) is 5.84 Å². The number of nitrogens with two attached hydrogens (primary N) is 1. The Kier molecular flexibility index (Phi) is 3.66. The topological polar surface area (TPSA) is 112 Å². The Morgan fingerprint density at radius 1 is 1.45 bits per heavy atom. The highest BCUT2D eigenvalue weighted by Gasteiger charge is 2.22. The number of rotatable bonds is 4. The van der Waals surface area contributed by atoms with Crippen LogP contribution in [0.2, 0.25) is 0 Å². The zero-order valence-electron chi connectivity index (χ0n) is 11.5. The van der Waals surface area contributed by atoms with E-state index in [0.717, 1.165) is 23.4 Å². The second-order valence-corrected chi connectivity index (χ2v) is 4.36. The summed E-state index contributed by atoms with van der Waals surface area (Å²) >= 11 is 0. The van der Waals surface area contributed by atoms with Crippen LogP contribution in [0.3, 0.4) is 0 Å². The van der Waals surface area contributed by atoms with Crippen LogP contribution in [0, 0.1) is 24.0 Å². The molecule has 0 fully saturated rings. The van der Waals surface area contributed by atoms with Gasteiger partial charge in [0.1, 0.15) is 5.82 Å². The van der Waals surface area contributed by atoms with Gasteiger partial charge in [-0.05, 0) is 31.9 Å². The first-order chi connectivity index (χ1) is 9.49. The van der Waals surface area contributed by atoms with Crippen LogP contribution < -0.4 is 11.3 Å². The Labute approximate surface area is 115 Å². The lowest BCUT2D eigenvalue weighted by Gasteiger charge is -2.07. The minimum atomic E-state index is -0.481. The maximum atomic E-state index is 11.1. The quantitative estimate of drug-likeness (QED) is 0.498. The summed E-state index contributed by atoms with van der Waals surface area (Å²) in [5.74, 6) is 5.81. The number of hydrogen-bond acceptors (Lipinski definition) is 6. The highest BCUT2D eigenvalue weighted by Crippen LogP contribution is 2.25. The smallest absolute Gasteiger partial charge is 0.308 e. The Balaban J connectivity index is 2.70. The Morgan fingerprint density at radius 2 is 2.15 bits per heavy atom. The van der Waals surface area contributed by atoms with Gasteiger partial charge < -0.3 is 5.43 Å². The minimum Gasteiger partial charge on any atom is -0.308 e. The van der Waals surface area contributed by atoms with Crippen molar-refractivity contribution in [1.82, 2.24) is 14.8 Å². The summed E-state index contributed by atoms with van der Waals surface area (Å²) < 4.78 is 1.49. The third-order valence-corrected chi connectivity index (χ3v) is 3.19. The molecule has 2 aromatic rings. The number of aromatic nitrogens is 3. The van der Waals surface area contributed by atoms with Gasteiger partial charge in [-0.15, -0.1) is 0 Å². The first-order valence-corrected chi connectivity index (χ1v) is 6.17. The van der Waals surface area contributed by atoms with E-state index in [0.29, 0.717) is 5.82 Å². The largest absolute Gasteiger partial charge is 0.313 e. The van der Waals surface area contributed by atoms with E-state index in [1.807, 2.05) is 20.8 Å². The van der Waals surface area contributed by atoms with Gasteiger partial charge in [0.25, 0.3) is 0 Å². The van der Waals surface area contributed by atoms with E-state index in [1.54, 1.807) is 0 Å². The molecular weight excluding hydrogens is 260 g/mol. The lowest BCUT2D eigenvalue weighted by atomic mass is 10.1. The molecule has 0 radical (unpaired) electrons. The van der Waals surface area contributed by atoms with Gasteiger partial charge in [-0.25, -0.2) is 15.5 Å². The highest BCUT2D eigenvalue weighted by atomic mass is 16.6. The molecule has 0 atom stereocenters. The average molecular weight is 276 g/mol. The minimum absolute atomic E-state index is 0.114. The van der Waals surface area contributed by atoms with Crippen LogP contribution in [0.5, 0.6) is 0 Å². The van der Waals surface area contributed by atoms with Crippen molar-refractivity contribution in [3.8, 4) is 5.82 Å². The van der Waals surface area contributed by atoms with E-state index in [9.17, 15) is 10.1 Å². The lowest BCUT2D eigenvalue weighted by molar-refractivity contribution is -0.384. The van der Waals surface area contributed by atoms with Gasteiger partial charge in [0.05, 0.1) is 10.6 Å².